The zero-order valence-corrected chi connectivity index (χ0v) is 13.8. The van der Waals surface area contributed by atoms with Crippen LogP contribution in [0.4, 0.5) is 5.69 Å². The highest BCUT2D eigenvalue weighted by Gasteiger charge is 2.20. The molecule has 0 fully saturated rings. The minimum absolute atomic E-state index is 0.0521. The lowest BCUT2D eigenvalue weighted by atomic mass is 10.1. The fourth-order valence-corrected chi connectivity index (χ4v) is 2.02. The van der Waals surface area contributed by atoms with Crippen molar-refractivity contribution in [2.75, 3.05) is 19.0 Å². The highest BCUT2D eigenvalue weighted by atomic mass is 16.5. The first-order valence-electron chi connectivity index (χ1n) is 7.42. The van der Waals surface area contributed by atoms with E-state index in [1.807, 2.05) is 0 Å². The summed E-state index contributed by atoms with van der Waals surface area (Å²) in [6.45, 7) is 1.23. The van der Waals surface area contributed by atoms with Crippen LogP contribution in [-0.4, -0.2) is 43.2 Å². The zero-order chi connectivity index (χ0) is 18.4. The molecule has 9 nitrogen and oxygen atoms in total. The van der Waals surface area contributed by atoms with Crippen LogP contribution >= 0.6 is 0 Å². The maximum atomic E-state index is 11.9. The number of amides is 2. The molecule has 0 spiro atoms. The molecule has 1 aliphatic rings. The number of methoxy groups -OCH3 is 1. The molecular formula is C16H17N3O6. The average Bonchev–Trinajstić information content (AvgIpc) is 2.61. The molecule has 2 N–H and O–H groups in total. The van der Waals surface area contributed by atoms with Gasteiger partial charge in [-0.05, 0) is 24.6 Å². The van der Waals surface area contributed by atoms with Gasteiger partial charge in [0.1, 0.15) is 5.71 Å². The first-order chi connectivity index (χ1) is 11.9. The van der Waals surface area contributed by atoms with Gasteiger partial charge in [-0.15, -0.1) is 0 Å². The van der Waals surface area contributed by atoms with E-state index >= 15 is 0 Å². The molecule has 1 aromatic rings. The molecule has 132 valence electrons. The first-order valence-corrected chi connectivity index (χ1v) is 7.42. The Kier molecular flexibility index (Phi) is 5.83. The summed E-state index contributed by atoms with van der Waals surface area (Å²) in [5.74, 6) is -2.15. The Hall–Kier alpha value is -3.23. The number of aryl methyl sites for hydroxylation is 1. The Bertz CT molecular complexity index is 756. The number of nitrogens with zero attached hydrogens (tertiary/aromatic N) is 1. The average molecular weight is 347 g/mol. The Balaban J connectivity index is 1.93. The minimum Gasteiger partial charge on any atom is -0.465 e. The van der Waals surface area contributed by atoms with Gasteiger partial charge in [-0.3, -0.25) is 9.59 Å². The van der Waals surface area contributed by atoms with Gasteiger partial charge >= 0.3 is 11.9 Å². The van der Waals surface area contributed by atoms with Crippen LogP contribution in [0.2, 0.25) is 0 Å². The minimum atomic E-state index is -0.768. The zero-order valence-electron chi connectivity index (χ0n) is 13.8. The SMILES string of the molecule is COC(=O)c1ccc(C)c(NC(=O)COC(=O)C2=NNC(=O)CC2)c1. The second kappa shape index (κ2) is 8.04. The third-order valence-corrected chi connectivity index (χ3v) is 3.41. The summed E-state index contributed by atoms with van der Waals surface area (Å²) in [5.41, 5.74) is 3.65. The van der Waals surface area contributed by atoms with Gasteiger partial charge in [-0.2, -0.15) is 5.10 Å². The van der Waals surface area contributed by atoms with Gasteiger partial charge in [0.25, 0.3) is 5.91 Å². The molecule has 0 bridgehead atoms. The van der Waals surface area contributed by atoms with Crippen LogP contribution in [0, 0.1) is 6.92 Å². The number of carbonyl (C=O) groups is 4. The molecular weight excluding hydrogens is 330 g/mol. The van der Waals surface area contributed by atoms with Crippen LogP contribution in [0.3, 0.4) is 0 Å². The van der Waals surface area contributed by atoms with Crippen molar-refractivity contribution in [2.45, 2.75) is 19.8 Å². The maximum absolute atomic E-state index is 11.9. The van der Waals surface area contributed by atoms with Crippen molar-refractivity contribution in [2.24, 2.45) is 5.10 Å². The molecule has 0 aliphatic carbocycles. The number of benzene rings is 1. The van der Waals surface area contributed by atoms with Gasteiger partial charge in [-0.1, -0.05) is 6.07 Å². The number of hydrogen-bond donors (Lipinski definition) is 2. The van der Waals surface area contributed by atoms with Crippen LogP contribution in [0.5, 0.6) is 0 Å². The van der Waals surface area contributed by atoms with Crippen LogP contribution in [0.25, 0.3) is 0 Å². The number of esters is 2. The van der Waals surface area contributed by atoms with Gasteiger partial charge in [-0.25, -0.2) is 15.0 Å². The third-order valence-electron chi connectivity index (χ3n) is 3.41. The maximum Gasteiger partial charge on any atom is 0.355 e. The van der Waals surface area contributed by atoms with Crippen molar-refractivity contribution in [3.8, 4) is 0 Å². The summed E-state index contributed by atoms with van der Waals surface area (Å²) in [5, 5.41) is 6.15. The van der Waals surface area contributed by atoms with E-state index < -0.39 is 24.5 Å². The van der Waals surface area contributed by atoms with Crippen molar-refractivity contribution in [1.82, 2.24) is 5.43 Å². The van der Waals surface area contributed by atoms with Crippen molar-refractivity contribution >= 4 is 35.2 Å². The number of anilines is 1. The van der Waals surface area contributed by atoms with E-state index in [-0.39, 0.29) is 30.0 Å². The topological polar surface area (TPSA) is 123 Å². The lowest BCUT2D eigenvalue weighted by molar-refractivity contribution is -0.140. The second-order valence-electron chi connectivity index (χ2n) is 5.24. The Morgan fingerprint density at radius 1 is 1.24 bits per heavy atom. The van der Waals surface area contributed by atoms with E-state index in [0.29, 0.717) is 5.69 Å². The van der Waals surface area contributed by atoms with E-state index in [1.54, 1.807) is 19.1 Å². The molecule has 0 radical (unpaired) electrons. The predicted molar refractivity (Wildman–Crippen MR) is 86.9 cm³/mol. The number of rotatable bonds is 5. The van der Waals surface area contributed by atoms with Crippen molar-refractivity contribution in [1.29, 1.82) is 0 Å². The predicted octanol–water partition coefficient (Wildman–Crippen LogP) is 0.529. The molecule has 1 aromatic carbocycles. The van der Waals surface area contributed by atoms with E-state index in [0.717, 1.165) is 5.56 Å². The van der Waals surface area contributed by atoms with Crippen LogP contribution in [-0.2, 0) is 23.9 Å². The number of carbonyl (C=O) groups excluding carboxylic acids is 4. The van der Waals surface area contributed by atoms with E-state index in [1.165, 1.54) is 13.2 Å². The highest BCUT2D eigenvalue weighted by Crippen LogP contribution is 2.17. The molecule has 25 heavy (non-hydrogen) atoms. The van der Waals surface area contributed by atoms with Gasteiger partial charge in [0.15, 0.2) is 6.61 Å². The summed E-state index contributed by atoms with van der Waals surface area (Å²) in [4.78, 5) is 46.2. The lowest BCUT2D eigenvalue weighted by Gasteiger charge is -2.12. The Morgan fingerprint density at radius 2 is 2.00 bits per heavy atom. The standard InChI is InChI=1S/C16H17N3O6/c1-9-3-4-10(15(22)24-2)7-12(9)17-14(21)8-25-16(23)11-5-6-13(20)19-18-11/h3-4,7H,5-6,8H2,1-2H3,(H,17,21)(H,19,20). The largest absolute Gasteiger partial charge is 0.465 e. The fraction of sp³-hybridized carbons (Fsp3) is 0.312. The normalized spacial score (nSPS) is 13.4. The third kappa shape index (κ3) is 4.87. The molecule has 1 heterocycles. The summed E-state index contributed by atoms with van der Waals surface area (Å²) in [6, 6.07) is 4.71. The summed E-state index contributed by atoms with van der Waals surface area (Å²) >= 11 is 0. The van der Waals surface area contributed by atoms with Gasteiger partial charge in [0, 0.05) is 18.5 Å². The molecule has 0 saturated carbocycles. The number of nitrogens with one attached hydrogen (secondary N) is 2. The van der Waals surface area contributed by atoms with Gasteiger partial charge in [0.05, 0.1) is 12.7 Å². The first kappa shape index (κ1) is 18.1. The van der Waals surface area contributed by atoms with Crippen molar-refractivity contribution in [3.05, 3.63) is 29.3 Å². The monoisotopic (exact) mass is 347 g/mol. The molecule has 1 aliphatic heterocycles. The summed E-state index contributed by atoms with van der Waals surface area (Å²) < 4.78 is 9.49. The molecule has 2 amide bonds. The van der Waals surface area contributed by atoms with Crippen LogP contribution in [0.15, 0.2) is 23.3 Å². The highest BCUT2D eigenvalue weighted by molar-refractivity contribution is 6.37. The van der Waals surface area contributed by atoms with E-state index in [4.69, 9.17) is 4.74 Å². The number of hydrazone groups is 1. The molecule has 0 unspecified atom stereocenters. The van der Waals surface area contributed by atoms with Crippen molar-refractivity contribution in [3.63, 3.8) is 0 Å². The summed E-state index contributed by atoms with van der Waals surface area (Å²) in [7, 11) is 1.26. The lowest BCUT2D eigenvalue weighted by Crippen LogP contribution is -2.32. The smallest absolute Gasteiger partial charge is 0.355 e. The molecule has 0 saturated heterocycles. The van der Waals surface area contributed by atoms with Gasteiger partial charge in [0.2, 0.25) is 5.91 Å². The van der Waals surface area contributed by atoms with Crippen LogP contribution in [0.1, 0.15) is 28.8 Å². The van der Waals surface area contributed by atoms with Gasteiger partial charge < -0.3 is 14.8 Å². The summed E-state index contributed by atoms with van der Waals surface area (Å²) in [6.07, 6.45) is 0.298. The molecule has 2 rings (SSSR count). The Labute approximate surface area is 143 Å². The molecule has 9 heteroatoms. The number of ether oxygens (including phenoxy) is 2. The molecule has 0 aromatic heterocycles. The van der Waals surface area contributed by atoms with E-state index in [2.05, 4.69) is 20.6 Å². The quantitative estimate of drug-likeness (QED) is 0.749. The Morgan fingerprint density at radius 3 is 2.64 bits per heavy atom. The van der Waals surface area contributed by atoms with Crippen LogP contribution < -0.4 is 10.7 Å². The fourth-order valence-electron chi connectivity index (χ4n) is 2.02. The van der Waals surface area contributed by atoms with E-state index in [9.17, 15) is 19.2 Å². The van der Waals surface area contributed by atoms with Crippen molar-refractivity contribution < 1.29 is 28.7 Å². The molecule has 0 atom stereocenters. The number of hydrogen-bond acceptors (Lipinski definition) is 7. The second-order valence-corrected chi connectivity index (χ2v) is 5.24.